The molecule has 0 aliphatic rings. The first-order valence-electron chi connectivity index (χ1n) is 4.14. The minimum Gasteiger partial charge on any atom is -0.494 e. The number of sulfonamides is 1. The Balaban J connectivity index is 3.53. The summed E-state index contributed by atoms with van der Waals surface area (Å²) in [6.45, 7) is 1.38. The first-order chi connectivity index (χ1) is 7.27. The molecule has 0 saturated heterocycles. The van der Waals surface area contributed by atoms with Gasteiger partial charge in [-0.3, -0.25) is 0 Å². The van der Waals surface area contributed by atoms with Gasteiger partial charge in [0.1, 0.15) is 5.69 Å². The lowest BCUT2D eigenvalue weighted by Gasteiger charge is -2.10. The number of hydrogen-bond donors (Lipinski definition) is 1. The van der Waals surface area contributed by atoms with Crippen LogP contribution >= 0.6 is 0 Å². The highest BCUT2D eigenvalue weighted by molar-refractivity contribution is 7.89. The summed E-state index contributed by atoms with van der Waals surface area (Å²) in [6, 6.07) is 1.16. The Labute approximate surface area is 91.3 Å². The van der Waals surface area contributed by atoms with Gasteiger partial charge in [0.25, 0.3) is 16.4 Å². The van der Waals surface area contributed by atoms with Gasteiger partial charge in [0, 0.05) is 0 Å². The van der Waals surface area contributed by atoms with Crippen LogP contribution in [0.15, 0.2) is 11.1 Å². The molecule has 0 amide bonds. The van der Waals surface area contributed by atoms with Gasteiger partial charge in [-0.1, -0.05) is 0 Å². The smallest absolute Gasteiger partial charge is 0.280 e. The molecule has 1 aromatic heterocycles. The maximum Gasteiger partial charge on any atom is 0.280 e. The number of hydrogen-bond acceptors (Lipinski definition) is 4. The maximum atomic E-state index is 12.5. The van der Waals surface area contributed by atoms with Crippen molar-refractivity contribution in [3.05, 3.63) is 17.3 Å². The fourth-order valence-electron chi connectivity index (χ4n) is 1.16. The summed E-state index contributed by atoms with van der Waals surface area (Å²) in [4.78, 5) is 3.33. The second-order valence-corrected chi connectivity index (χ2v) is 4.52. The van der Waals surface area contributed by atoms with Gasteiger partial charge in [-0.15, -0.1) is 0 Å². The van der Waals surface area contributed by atoms with Crippen LogP contribution in [0.3, 0.4) is 0 Å². The van der Waals surface area contributed by atoms with E-state index in [1.165, 1.54) is 14.0 Å². The molecule has 0 aliphatic carbocycles. The molecule has 0 aromatic carbocycles. The lowest BCUT2D eigenvalue weighted by Crippen LogP contribution is -2.17. The number of rotatable bonds is 3. The second kappa shape index (κ2) is 4.30. The Morgan fingerprint density at radius 2 is 2.06 bits per heavy atom. The van der Waals surface area contributed by atoms with Crippen molar-refractivity contribution >= 4 is 10.0 Å². The topological polar surface area (TPSA) is 82.3 Å². The van der Waals surface area contributed by atoms with Gasteiger partial charge in [-0.25, -0.2) is 27.3 Å². The van der Waals surface area contributed by atoms with Crippen LogP contribution in [-0.2, 0) is 10.0 Å². The zero-order valence-electron chi connectivity index (χ0n) is 8.57. The molecule has 8 heteroatoms. The highest BCUT2D eigenvalue weighted by atomic mass is 32.2. The molecule has 1 aromatic rings. The molecule has 0 aliphatic heterocycles. The average Bonchev–Trinajstić information content (AvgIpc) is 2.14. The molecular weight excluding hydrogens is 242 g/mol. The molecule has 0 fully saturated rings. The molecular formula is C8H10F2N2O3S. The molecule has 0 radical (unpaired) electrons. The summed E-state index contributed by atoms with van der Waals surface area (Å²) in [5, 5.41) is 4.15. The van der Waals surface area contributed by atoms with E-state index < -0.39 is 27.2 Å². The highest BCUT2D eigenvalue weighted by Gasteiger charge is 2.22. The fraction of sp³-hybridized carbons (Fsp3) is 0.375. The average molecular weight is 252 g/mol. The monoisotopic (exact) mass is 252 g/mol. The van der Waals surface area contributed by atoms with E-state index in [4.69, 9.17) is 9.88 Å². The predicted octanol–water partition coefficient (Wildman–Crippen LogP) is 0.984. The van der Waals surface area contributed by atoms with Gasteiger partial charge in [-0.2, -0.15) is 0 Å². The molecule has 16 heavy (non-hydrogen) atoms. The van der Waals surface area contributed by atoms with E-state index in [2.05, 4.69) is 4.98 Å². The number of methoxy groups -OCH3 is 1. The second-order valence-electron chi connectivity index (χ2n) is 3.04. The molecule has 0 unspecified atom stereocenters. The molecule has 1 heterocycles. The summed E-state index contributed by atoms with van der Waals surface area (Å²) in [7, 11) is -2.99. The number of pyridine rings is 1. The van der Waals surface area contributed by atoms with E-state index in [9.17, 15) is 17.2 Å². The van der Waals surface area contributed by atoms with Gasteiger partial charge in [0.15, 0.2) is 5.75 Å². The molecule has 0 atom stereocenters. The number of halogens is 2. The molecule has 0 saturated carbocycles. The van der Waals surface area contributed by atoms with E-state index in [1.807, 2.05) is 0 Å². The van der Waals surface area contributed by atoms with Crippen molar-refractivity contribution in [1.29, 1.82) is 0 Å². The van der Waals surface area contributed by atoms with Crippen molar-refractivity contribution in [3.8, 4) is 5.75 Å². The summed E-state index contributed by atoms with van der Waals surface area (Å²) in [6.07, 6.45) is -2.87. The van der Waals surface area contributed by atoms with E-state index in [-0.39, 0.29) is 11.3 Å². The van der Waals surface area contributed by atoms with Gasteiger partial charge in [0.05, 0.1) is 7.11 Å². The number of nitrogens with two attached hydrogens (primary N) is 1. The first-order valence-corrected chi connectivity index (χ1v) is 5.68. The minimum absolute atomic E-state index is 0.138. The van der Waals surface area contributed by atoms with E-state index in [1.54, 1.807) is 0 Å². The largest absolute Gasteiger partial charge is 0.494 e. The van der Waals surface area contributed by atoms with Crippen LogP contribution in [0.2, 0.25) is 0 Å². The van der Waals surface area contributed by atoms with Crippen LogP contribution < -0.4 is 9.88 Å². The minimum atomic E-state index is -4.19. The number of primary sulfonamides is 1. The molecule has 2 N–H and O–H groups in total. The van der Waals surface area contributed by atoms with Crippen molar-refractivity contribution in [3.63, 3.8) is 0 Å². The third-order valence-electron chi connectivity index (χ3n) is 1.88. The lowest BCUT2D eigenvalue weighted by molar-refractivity contribution is 0.144. The first kappa shape index (κ1) is 12.8. The van der Waals surface area contributed by atoms with Crippen LogP contribution in [0, 0.1) is 6.92 Å². The Hall–Kier alpha value is -1.28. The number of alkyl halides is 2. The van der Waals surface area contributed by atoms with Crippen molar-refractivity contribution in [2.24, 2.45) is 5.14 Å². The summed E-state index contributed by atoms with van der Waals surface area (Å²) >= 11 is 0. The number of ether oxygens (including phenoxy) is 1. The van der Waals surface area contributed by atoms with Crippen molar-refractivity contribution < 1.29 is 21.9 Å². The fourth-order valence-corrected chi connectivity index (χ4v) is 1.80. The van der Waals surface area contributed by atoms with E-state index in [0.717, 1.165) is 6.07 Å². The maximum absolute atomic E-state index is 12.5. The number of aromatic nitrogens is 1. The van der Waals surface area contributed by atoms with E-state index >= 15 is 0 Å². The van der Waals surface area contributed by atoms with Crippen LogP contribution in [0.4, 0.5) is 8.78 Å². The quantitative estimate of drug-likeness (QED) is 0.869. The van der Waals surface area contributed by atoms with Crippen LogP contribution in [-0.4, -0.2) is 20.5 Å². The molecule has 5 nitrogen and oxygen atoms in total. The van der Waals surface area contributed by atoms with Gasteiger partial charge in [0.2, 0.25) is 5.03 Å². The lowest BCUT2D eigenvalue weighted by atomic mass is 10.2. The standard InChI is InChI=1S/C8H10F2N2O3S/c1-4-3-5(15-2)8(16(11,13)14)12-6(4)7(9)10/h3,7H,1-2H3,(H2,11,13,14). The predicted molar refractivity (Wildman–Crippen MR) is 51.9 cm³/mol. The van der Waals surface area contributed by atoms with Crippen molar-refractivity contribution in [2.75, 3.05) is 7.11 Å². The zero-order chi connectivity index (χ0) is 12.5. The van der Waals surface area contributed by atoms with Crippen molar-refractivity contribution in [1.82, 2.24) is 4.98 Å². The van der Waals surface area contributed by atoms with Gasteiger partial charge in [-0.05, 0) is 18.6 Å². The van der Waals surface area contributed by atoms with Gasteiger partial charge < -0.3 is 4.74 Å². The number of nitrogens with zero attached hydrogens (tertiary/aromatic N) is 1. The van der Waals surface area contributed by atoms with E-state index in [0.29, 0.717) is 0 Å². The van der Waals surface area contributed by atoms with Crippen LogP contribution in [0.5, 0.6) is 5.75 Å². The molecule has 1 rings (SSSR count). The Morgan fingerprint density at radius 3 is 2.44 bits per heavy atom. The normalized spacial score (nSPS) is 11.9. The third kappa shape index (κ3) is 2.45. The molecule has 90 valence electrons. The van der Waals surface area contributed by atoms with Gasteiger partial charge >= 0.3 is 0 Å². The Bertz CT molecular complexity index is 502. The third-order valence-corrected chi connectivity index (χ3v) is 2.71. The van der Waals surface area contributed by atoms with Crippen LogP contribution in [0.25, 0.3) is 0 Å². The Morgan fingerprint density at radius 1 is 1.50 bits per heavy atom. The summed E-state index contributed by atoms with van der Waals surface area (Å²) in [5.41, 5.74) is -0.482. The Kier molecular flexibility index (Phi) is 3.44. The molecule has 0 spiro atoms. The van der Waals surface area contributed by atoms with Crippen LogP contribution in [0.1, 0.15) is 17.7 Å². The zero-order valence-corrected chi connectivity index (χ0v) is 9.38. The molecule has 0 bridgehead atoms. The highest BCUT2D eigenvalue weighted by Crippen LogP contribution is 2.28. The SMILES string of the molecule is COc1cc(C)c(C(F)F)nc1S(N)(=O)=O. The summed E-state index contributed by atoms with van der Waals surface area (Å²) in [5.74, 6) is -0.149. The van der Waals surface area contributed by atoms with Crippen molar-refractivity contribution in [2.45, 2.75) is 18.4 Å². The number of aryl methyl sites for hydroxylation is 1. The summed E-state index contributed by atoms with van der Waals surface area (Å²) < 4.78 is 51.9.